The van der Waals surface area contributed by atoms with Gasteiger partial charge in [-0.1, -0.05) is 5.16 Å². The van der Waals surface area contributed by atoms with Crippen molar-refractivity contribution in [3.8, 4) is 5.75 Å². The largest absolute Gasteiger partial charge is 0.483 e. The molecule has 3 aromatic heterocycles. The lowest BCUT2D eigenvalue weighted by molar-refractivity contribution is -0.118. The number of nitrogens with one attached hydrogen (secondary N) is 1. The molecule has 0 aliphatic rings. The molecule has 1 aromatic carbocycles. The number of carbonyl (C=O) groups excluding carboxylic acids is 1. The molecule has 6 nitrogen and oxygen atoms in total. The van der Waals surface area contributed by atoms with Gasteiger partial charge in [0.25, 0.3) is 5.91 Å². The fourth-order valence-corrected chi connectivity index (χ4v) is 4.29. The summed E-state index contributed by atoms with van der Waals surface area (Å²) in [5.41, 5.74) is 0.998. The van der Waals surface area contributed by atoms with Crippen molar-refractivity contribution in [3.63, 3.8) is 0 Å². The number of ether oxygens (including phenoxy) is 1. The fraction of sp³-hybridized carbons (Fsp3) is 0.188. The number of anilines is 1. The van der Waals surface area contributed by atoms with Crippen LogP contribution < -0.4 is 10.1 Å². The van der Waals surface area contributed by atoms with Crippen LogP contribution >= 0.6 is 22.7 Å². The van der Waals surface area contributed by atoms with Crippen molar-refractivity contribution < 1.29 is 14.1 Å². The number of benzene rings is 1. The van der Waals surface area contributed by atoms with Crippen molar-refractivity contribution in [3.05, 3.63) is 34.3 Å². The van der Waals surface area contributed by atoms with Gasteiger partial charge in [0, 0.05) is 17.5 Å². The van der Waals surface area contributed by atoms with Gasteiger partial charge in [0.2, 0.25) is 0 Å². The van der Waals surface area contributed by atoms with Crippen molar-refractivity contribution in [2.24, 2.45) is 0 Å². The molecule has 0 spiro atoms. The summed E-state index contributed by atoms with van der Waals surface area (Å²) in [4.78, 5) is 16.6. The second-order valence-corrected chi connectivity index (χ2v) is 7.43. The number of rotatable bonds is 4. The van der Waals surface area contributed by atoms with Crippen molar-refractivity contribution in [1.29, 1.82) is 0 Å². The van der Waals surface area contributed by atoms with Crippen LogP contribution in [-0.2, 0) is 4.79 Å². The van der Waals surface area contributed by atoms with Crippen LogP contribution in [0.3, 0.4) is 0 Å². The molecule has 0 radical (unpaired) electrons. The van der Waals surface area contributed by atoms with E-state index in [1.165, 1.54) is 0 Å². The highest BCUT2D eigenvalue weighted by atomic mass is 32.1. The van der Waals surface area contributed by atoms with Crippen molar-refractivity contribution in [2.75, 3.05) is 11.9 Å². The Kier molecular flexibility index (Phi) is 3.70. The summed E-state index contributed by atoms with van der Waals surface area (Å²) in [5.74, 6) is 1.42. The van der Waals surface area contributed by atoms with Crippen LogP contribution in [0.1, 0.15) is 10.8 Å². The van der Waals surface area contributed by atoms with Gasteiger partial charge >= 0.3 is 0 Å². The first-order valence-corrected chi connectivity index (χ1v) is 8.93. The molecule has 0 unspecified atom stereocenters. The monoisotopic (exact) mass is 359 g/mol. The summed E-state index contributed by atoms with van der Waals surface area (Å²) in [5, 5.41) is 10.4. The third kappa shape index (κ3) is 2.74. The van der Waals surface area contributed by atoms with Gasteiger partial charge in [0.15, 0.2) is 12.4 Å². The Labute approximate surface area is 145 Å². The van der Waals surface area contributed by atoms with Crippen LogP contribution in [0.2, 0.25) is 0 Å². The predicted molar refractivity (Wildman–Crippen MR) is 95.1 cm³/mol. The van der Waals surface area contributed by atoms with E-state index >= 15 is 0 Å². The van der Waals surface area contributed by atoms with Crippen molar-refractivity contribution >= 4 is 54.7 Å². The molecule has 1 amide bonds. The standard InChI is InChI=1S/C16H13N3O3S2/c1-8-5-13(19-22-8)18-14(20)7-21-11-6-12-15(17-9(2)24-12)16-10(11)3-4-23-16/h3-6H,7H2,1-2H3,(H,18,19,20). The smallest absolute Gasteiger partial charge is 0.263 e. The van der Waals surface area contributed by atoms with E-state index in [1.54, 1.807) is 35.7 Å². The normalized spacial score (nSPS) is 11.2. The molecule has 3 heterocycles. The number of fused-ring (bicyclic) bond motifs is 3. The van der Waals surface area contributed by atoms with E-state index in [0.29, 0.717) is 17.3 Å². The Morgan fingerprint density at radius 3 is 3.04 bits per heavy atom. The Balaban J connectivity index is 1.57. The summed E-state index contributed by atoms with van der Waals surface area (Å²) in [6.45, 7) is 3.65. The van der Waals surface area contributed by atoms with E-state index < -0.39 is 0 Å². The Morgan fingerprint density at radius 2 is 2.25 bits per heavy atom. The van der Waals surface area contributed by atoms with E-state index in [9.17, 15) is 4.79 Å². The number of hydrogen-bond donors (Lipinski definition) is 1. The van der Waals surface area contributed by atoms with E-state index in [0.717, 1.165) is 25.3 Å². The van der Waals surface area contributed by atoms with Crippen LogP contribution in [-0.4, -0.2) is 22.7 Å². The maximum atomic E-state index is 12.0. The summed E-state index contributed by atoms with van der Waals surface area (Å²) in [6, 6.07) is 5.59. The maximum absolute atomic E-state index is 12.0. The summed E-state index contributed by atoms with van der Waals surface area (Å²) < 4.78 is 12.8. The van der Waals surface area contributed by atoms with E-state index in [2.05, 4.69) is 15.5 Å². The lowest BCUT2D eigenvalue weighted by atomic mass is 10.2. The highest BCUT2D eigenvalue weighted by Crippen LogP contribution is 2.38. The van der Waals surface area contributed by atoms with Gasteiger partial charge in [-0.05, 0) is 25.3 Å². The number of nitrogens with zero attached hydrogens (tertiary/aromatic N) is 2. The minimum absolute atomic E-state index is 0.0971. The molecular formula is C16H13N3O3S2. The van der Waals surface area contributed by atoms with E-state index in [-0.39, 0.29) is 12.5 Å². The summed E-state index contributed by atoms with van der Waals surface area (Å²) >= 11 is 3.24. The Hall–Kier alpha value is -2.45. The van der Waals surface area contributed by atoms with Gasteiger partial charge in [-0.3, -0.25) is 4.79 Å². The van der Waals surface area contributed by atoms with Crippen LogP contribution in [0.25, 0.3) is 20.3 Å². The average Bonchev–Trinajstić information content (AvgIpc) is 3.23. The first-order valence-electron chi connectivity index (χ1n) is 7.23. The first-order chi connectivity index (χ1) is 11.6. The Bertz CT molecular complexity index is 1050. The number of thiophene rings is 1. The second-order valence-electron chi connectivity index (χ2n) is 5.28. The summed E-state index contributed by atoms with van der Waals surface area (Å²) in [6.07, 6.45) is 0. The zero-order valence-electron chi connectivity index (χ0n) is 13.0. The molecule has 8 heteroatoms. The molecule has 4 aromatic rings. The van der Waals surface area contributed by atoms with Gasteiger partial charge in [-0.2, -0.15) is 0 Å². The predicted octanol–water partition coefficient (Wildman–Crippen LogP) is 4.13. The van der Waals surface area contributed by atoms with Crippen molar-refractivity contribution in [2.45, 2.75) is 13.8 Å². The average molecular weight is 359 g/mol. The topological polar surface area (TPSA) is 77.2 Å². The highest BCUT2D eigenvalue weighted by Gasteiger charge is 2.14. The SMILES string of the molecule is Cc1cc(NC(=O)COc2cc3sc(C)nc3c3sccc23)no1. The third-order valence-corrected chi connectivity index (χ3v) is 5.26. The Morgan fingerprint density at radius 1 is 1.38 bits per heavy atom. The molecule has 0 fully saturated rings. The highest BCUT2D eigenvalue weighted by molar-refractivity contribution is 7.21. The van der Waals surface area contributed by atoms with Gasteiger partial charge in [0.1, 0.15) is 11.5 Å². The lowest BCUT2D eigenvalue weighted by Gasteiger charge is -2.07. The van der Waals surface area contributed by atoms with Gasteiger partial charge in [-0.25, -0.2) is 4.98 Å². The zero-order chi connectivity index (χ0) is 16.7. The van der Waals surface area contributed by atoms with Crippen LogP contribution in [0, 0.1) is 13.8 Å². The number of thiazole rings is 1. The lowest BCUT2D eigenvalue weighted by Crippen LogP contribution is -2.20. The molecule has 4 rings (SSSR count). The fourth-order valence-electron chi connectivity index (χ4n) is 2.45. The minimum Gasteiger partial charge on any atom is -0.483 e. The van der Waals surface area contributed by atoms with Crippen LogP contribution in [0.5, 0.6) is 5.75 Å². The van der Waals surface area contributed by atoms with E-state index in [1.807, 2.05) is 24.4 Å². The molecule has 0 aliphatic carbocycles. The van der Waals surface area contributed by atoms with Gasteiger partial charge in [-0.15, -0.1) is 22.7 Å². The maximum Gasteiger partial charge on any atom is 0.263 e. The number of hydrogen-bond acceptors (Lipinski definition) is 7. The molecule has 0 atom stereocenters. The molecule has 1 N–H and O–H groups in total. The number of aromatic nitrogens is 2. The van der Waals surface area contributed by atoms with Gasteiger partial charge < -0.3 is 14.6 Å². The van der Waals surface area contributed by atoms with Crippen molar-refractivity contribution in [1.82, 2.24) is 10.1 Å². The quantitative estimate of drug-likeness (QED) is 0.593. The van der Waals surface area contributed by atoms with Gasteiger partial charge in [0.05, 0.1) is 19.9 Å². The van der Waals surface area contributed by atoms with Crippen LogP contribution in [0.15, 0.2) is 28.1 Å². The van der Waals surface area contributed by atoms with Crippen LogP contribution in [0.4, 0.5) is 5.82 Å². The molecule has 122 valence electrons. The summed E-state index contributed by atoms with van der Waals surface area (Å²) in [7, 11) is 0. The number of carbonyl (C=O) groups is 1. The molecule has 0 saturated heterocycles. The zero-order valence-corrected chi connectivity index (χ0v) is 14.6. The minimum atomic E-state index is -0.285. The van der Waals surface area contributed by atoms with E-state index in [4.69, 9.17) is 9.26 Å². The number of aryl methyl sites for hydroxylation is 2. The molecule has 0 bridgehead atoms. The molecule has 24 heavy (non-hydrogen) atoms. The molecule has 0 aliphatic heterocycles. The first kappa shape index (κ1) is 15.1. The number of amides is 1. The third-order valence-electron chi connectivity index (χ3n) is 3.42. The molecule has 0 saturated carbocycles. The second kappa shape index (κ2) is 5.88. The molecular weight excluding hydrogens is 346 g/mol.